The van der Waals surface area contributed by atoms with Gasteiger partial charge in [0.15, 0.2) is 14.6 Å². The van der Waals surface area contributed by atoms with Crippen LogP contribution in [0.1, 0.15) is 37.9 Å². The van der Waals surface area contributed by atoms with Gasteiger partial charge in [-0.15, -0.1) is 0 Å². The van der Waals surface area contributed by atoms with Crippen LogP contribution in [0.15, 0.2) is 24.3 Å². The van der Waals surface area contributed by atoms with Gasteiger partial charge in [-0.1, -0.05) is 19.1 Å². The van der Waals surface area contributed by atoms with Crippen molar-refractivity contribution in [3.63, 3.8) is 0 Å². The molecule has 1 aromatic carbocycles. The van der Waals surface area contributed by atoms with Crippen molar-refractivity contribution in [2.45, 2.75) is 58.2 Å². The smallest absolute Gasteiger partial charge is 0.199 e. The van der Waals surface area contributed by atoms with Crippen molar-refractivity contribution in [1.29, 1.82) is 0 Å². The second-order valence-corrected chi connectivity index (χ2v) is 11.8. The molecule has 1 aliphatic heterocycles. The molecule has 0 saturated carbocycles. The van der Waals surface area contributed by atoms with E-state index in [9.17, 15) is 5.11 Å². The summed E-state index contributed by atoms with van der Waals surface area (Å²) in [6, 6.07) is 8.01. The van der Waals surface area contributed by atoms with Gasteiger partial charge in [0, 0.05) is 18.9 Å². The number of benzene rings is 1. The lowest BCUT2D eigenvalue weighted by Crippen LogP contribution is -2.31. The normalized spacial score (nSPS) is 21.7. The lowest BCUT2D eigenvalue weighted by Gasteiger charge is -2.31. The minimum atomic E-state index is -1.72. The Morgan fingerprint density at radius 1 is 1.30 bits per heavy atom. The molecule has 1 saturated heterocycles. The zero-order valence-electron chi connectivity index (χ0n) is 14.7. The molecule has 0 radical (unpaired) electrons. The first kappa shape index (κ1) is 18.5. The van der Waals surface area contributed by atoms with Gasteiger partial charge >= 0.3 is 0 Å². The molecule has 0 amide bonds. The predicted molar refractivity (Wildman–Crippen MR) is 94.1 cm³/mol. The zero-order valence-corrected chi connectivity index (χ0v) is 15.7. The average molecular weight is 339 g/mol. The maximum absolute atomic E-state index is 9.58. The van der Waals surface area contributed by atoms with Gasteiger partial charge in [-0.3, -0.25) is 0 Å². The molecule has 2 rings (SSSR count). The van der Waals surface area contributed by atoms with Crippen molar-refractivity contribution < 1.29 is 19.0 Å². The minimum absolute atomic E-state index is 0.0444. The fraction of sp³-hybridized carbons (Fsp3) is 0.667. The lowest BCUT2D eigenvalue weighted by molar-refractivity contribution is -0.106. The Balaban J connectivity index is 2.13. The van der Waals surface area contributed by atoms with E-state index in [-0.39, 0.29) is 24.9 Å². The van der Waals surface area contributed by atoms with E-state index in [0.717, 1.165) is 37.2 Å². The molecule has 0 aromatic heterocycles. The standard InChI is InChI=1S/C18H30O4Si/c1-14(13-19)18(22-23(2,3)4)15-8-7-9-16(12-15)21-17-10-5-6-11-20-17/h7-9,12,14,17-19H,5-6,10-11,13H2,1-4H3/t14-,17?,18-/m1/s1. The Kier molecular flexibility index (Phi) is 6.65. The van der Waals surface area contributed by atoms with Gasteiger partial charge in [-0.25, -0.2) is 0 Å². The van der Waals surface area contributed by atoms with Crippen LogP contribution in [-0.2, 0) is 9.16 Å². The molecule has 1 N–H and O–H groups in total. The zero-order chi connectivity index (χ0) is 16.9. The van der Waals surface area contributed by atoms with Crippen molar-refractivity contribution in [2.75, 3.05) is 13.2 Å². The Bertz CT molecular complexity index is 480. The average Bonchev–Trinajstić information content (AvgIpc) is 2.52. The molecule has 0 bridgehead atoms. The van der Waals surface area contributed by atoms with Gasteiger partial charge in [0.25, 0.3) is 0 Å². The van der Waals surface area contributed by atoms with E-state index in [1.807, 2.05) is 31.2 Å². The maximum atomic E-state index is 9.58. The first-order valence-electron chi connectivity index (χ1n) is 8.56. The van der Waals surface area contributed by atoms with E-state index < -0.39 is 8.32 Å². The molecular weight excluding hydrogens is 308 g/mol. The van der Waals surface area contributed by atoms with Gasteiger partial charge < -0.3 is 19.0 Å². The number of rotatable bonds is 7. The van der Waals surface area contributed by atoms with Gasteiger partial charge in [0.2, 0.25) is 0 Å². The van der Waals surface area contributed by atoms with Crippen LogP contribution in [-0.4, -0.2) is 32.9 Å². The summed E-state index contributed by atoms with van der Waals surface area (Å²) >= 11 is 0. The number of ether oxygens (including phenoxy) is 2. The summed E-state index contributed by atoms with van der Waals surface area (Å²) < 4.78 is 17.9. The molecule has 130 valence electrons. The van der Waals surface area contributed by atoms with Crippen molar-refractivity contribution in [2.24, 2.45) is 5.92 Å². The van der Waals surface area contributed by atoms with Crippen molar-refractivity contribution >= 4 is 8.32 Å². The van der Waals surface area contributed by atoms with E-state index in [2.05, 4.69) is 19.6 Å². The number of aliphatic hydroxyl groups is 1. The van der Waals surface area contributed by atoms with E-state index >= 15 is 0 Å². The third-order valence-electron chi connectivity index (χ3n) is 3.88. The van der Waals surface area contributed by atoms with Crippen LogP contribution in [0.2, 0.25) is 19.6 Å². The second-order valence-electron chi connectivity index (χ2n) is 7.30. The summed E-state index contributed by atoms with van der Waals surface area (Å²) in [6.45, 7) is 9.39. The van der Waals surface area contributed by atoms with Gasteiger partial charge in [-0.05, 0) is 50.2 Å². The van der Waals surface area contributed by atoms with E-state index in [4.69, 9.17) is 13.9 Å². The van der Waals surface area contributed by atoms with E-state index in [1.165, 1.54) is 0 Å². The third-order valence-corrected chi connectivity index (χ3v) is 4.84. The van der Waals surface area contributed by atoms with Crippen LogP contribution in [0.3, 0.4) is 0 Å². The van der Waals surface area contributed by atoms with Crippen LogP contribution in [0.5, 0.6) is 5.75 Å². The van der Waals surface area contributed by atoms with Crippen molar-refractivity contribution in [3.05, 3.63) is 29.8 Å². The molecule has 0 aliphatic carbocycles. The highest BCUT2D eigenvalue weighted by atomic mass is 28.4. The third kappa shape index (κ3) is 5.92. The first-order chi connectivity index (χ1) is 10.9. The Morgan fingerprint density at radius 2 is 2.09 bits per heavy atom. The number of aliphatic hydroxyl groups excluding tert-OH is 1. The molecule has 4 nitrogen and oxygen atoms in total. The van der Waals surface area contributed by atoms with E-state index in [1.54, 1.807) is 0 Å². The fourth-order valence-electron chi connectivity index (χ4n) is 2.71. The lowest BCUT2D eigenvalue weighted by atomic mass is 9.98. The van der Waals surface area contributed by atoms with Crippen LogP contribution in [0.25, 0.3) is 0 Å². The van der Waals surface area contributed by atoms with Crippen LogP contribution < -0.4 is 4.74 Å². The highest BCUT2D eigenvalue weighted by Crippen LogP contribution is 2.32. The highest BCUT2D eigenvalue weighted by molar-refractivity contribution is 6.69. The van der Waals surface area contributed by atoms with Gasteiger partial charge in [0.1, 0.15) is 5.75 Å². The number of hydrogen-bond donors (Lipinski definition) is 1. The molecule has 0 spiro atoms. The molecule has 23 heavy (non-hydrogen) atoms. The fourth-order valence-corrected chi connectivity index (χ4v) is 3.84. The molecule has 5 heteroatoms. The first-order valence-corrected chi connectivity index (χ1v) is 12.0. The van der Waals surface area contributed by atoms with Crippen molar-refractivity contribution in [1.82, 2.24) is 0 Å². The molecule has 1 aliphatic rings. The number of hydrogen-bond acceptors (Lipinski definition) is 4. The molecule has 1 unspecified atom stereocenters. The Hall–Kier alpha value is -0.883. The summed E-state index contributed by atoms with van der Waals surface area (Å²) in [5.74, 6) is 0.853. The van der Waals surface area contributed by atoms with Crippen LogP contribution in [0, 0.1) is 5.92 Å². The molecular formula is C18H30O4Si. The Labute approximate surface area is 140 Å². The largest absolute Gasteiger partial charge is 0.465 e. The molecule has 1 heterocycles. The molecule has 1 aromatic rings. The summed E-state index contributed by atoms with van der Waals surface area (Å²) in [7, 11) is -1.72. The quantitative estimate of drug-likeness (QED) is 0.760. The monoisotopic (exact) mass is 338 g/mol. The SMILES string of the molecule is C[C@H](CO)[C@@H](O[Si](C)(C)C)c1cccc(OC2CCCCO2)c1. The molecule has 1 fully saturated rings. The second kappa shape index (κ2) is 8.28. The molecule has 3 atom stereocenters. The minimum Gasteiger partial charge on any atom is -0.465 e. The summed E-state index contributed by atoms with van der Waals surface area (Å²) in [5, 5.41) is 9.58. The summed E-state index contributed by atoms with van der Waals surface area (Å²) in [5.41, 5.74) is 1.06. The van der Waals surface area contributed by atoms with Gasteiger partial charge in [-0.2, -0.15) is 0 Å². The maximum Gasteiger partial charge on any atom is 0.199 e. The topological polar surface area (TPSA) is 47.9 Å². The summed E-state index contributed by atoms with van der Waals surface area (Å²) in [6.07, 6.45) is 2.94. The highest BCUT2D eigenvalue weighted by Gasteiger charge is 2.27. The van der Waals surface area contributed by atoms with Gasteiger partial charge in [0.05, 0.1) is 12.7 Å². The van der Waals surface area contributed by atoms with E-state index in [0.29, 0.717) is 0 Å². The van der Waals surface area contributed by atoms with Crippen LogP contribution in [0.4, 0.5) is 0 Å². The predicted octanol–water partition coefficient (Wildman–Crippen LogP) is 4.11. The van der Waals surface area contributed by atoms with Crippen LogP contribution >= 0.6 is 0 Å². The summed E-state index contributed by atoms with van der Waals surface area (Å²) in [4.78, 5) is 0. The Morgan fingerprint density at radius 3 is 2.70 bits per heavy atom. The van der Waals surface area contributed by atoms with Crippen molar-refractivity contribution in [3.8, 4) is 5.75 Å².